The van der Waals surface area contributed by atoms with Crippen LogP contribution in [-0.2, 0) is 9.59 Å². The van der Waals surface area contributed by atoms with Gasteiger partial charge >= 0.3 is 0 Å². The second-order valence-corrected chi connectivity index (χ2v) is 10.6. The van der Waals surface area contributed by atoms with Gasteiger partial charge in [0.05, 0.1) is 11.5 Å². The monoisotopic (exact) mass is 384 g/mol. The first-order chi connectivity index (χ1) is 13.2. The Balaban J connectivity index is 1.79. The number of allylic oxidation sites excluding steroid dienone is 2. The highest BCUT2D eigenvalue weighted by atomic mass is 16.3. The van der Waals surface area contributed by atoms with Crippen molar-refractivity contribution in [1.82, 2.24) is 0 Å². The van der Waals surface area contributed by atoms with Crippen LogP contribution in [0.15, 0.2) is 24.3 Å². The molecule has 3 saturated carbocycles. The lowest BCUT2D eigenvalue weighted by Crippen LogP contribution is -2.59. The van der Waals surface area contributed by atoms with Gasteiger partial charge in [0.1, 0.15) is 5.78 Å². The summed E-state index contributed by atoms with van der Waals surface area (Å²) >= 11 is 0. The van der Waals surface area contributed by atoms with E-state index >= 15 is 0 Å². The highest BCUT2D eigenvalue weighted by Crippen LogP contribution is 2.71. The minimum Gasteiger partial charge on any atom is -0.393 e. The zero-order valence-corrected chi connectivity index (χ0v) is 18.0. The number of rotatable bonds is 3. The predicted molar refractivity (Wildman–Crippen MR) is 111 cm³/mol. The summed E-state index contributed by atoms with van der Waals surface area (Å²) in [7, 11) is 0. The van der Waals surface area contributed by atoms with E-state index in [-0.39, 0.29) is 34.2 Å². The van der Waals surface area contributed by atoms with Crippen LogP contribution < -0.4 is 0 Å². The Morgan fingerprint density at radius 3 is 2.71 bits per heavy atom. The van der Waals surface area contributed by atoms with Crippen molar-refractivity contribution in [1.29, 1.82) is 0 Å². The van der Waals surface area contributed by atoms with E-state index in [1.807, 2.05) is 19.1 Å². The van der Waals surface area contributed by atoms with Crippen LogP contribution in [-0.4, -0.2) is 22.8 Å². The number of carbonyl (C=O) groups excluding carboxylic acids is 2. The Labute approximate surface area is 169 Å². The summed E-state index contributed by atoms with van der Waals surface area (Å²) in [5, 5.41) is 11.5. The molecule has 0 saturated heterocycles. The Morgan fingerprint density at radius 1 is 1.36 bits per heavy atom. The number of hydrogen-bond donors (Lipinski definition) is 1. The Hall–Kier alpha value is -1.22. The van der Waals surface area contributed by atoms with Crippen LogP contribution in [0.4, 0.5) is 0 Å². The molecule has 3 heteroatoms. The largest absolute Gasteiger partial charge is 0.393 e. The maximum absolute atomic E-state index is 13.2. The molecule has 4 aliphatic carbocycles. The van der Waals surface area contributed by atoms with Crippen LogP contribution >= 0.6 is 0 Å². The molecule has 0 bridgehead atoms. The van der Waals surface area contributed by atoms with E-state index < -0.39 is 11.5 Å². The molecule has 4 aliphatic rings. The fourth-order valence-corrected chi connectivity index (χ4v) is 8.51. The smallest absolute Gasteiger partial charge is 0.155 e. The van der Waals surface area contributed by atoms with Gasteiger partial charge < -0.3 is 5.11 Å². The molecule has 3 nitrogen and oxygen atoms in total. The van der Waals surface area contributed by atoms with E-state index in [4.69, 9.17) is 0 Å². The minimum absolute atomic E-state index is 0.0744. The summed E-state index contributed by atoms with van der Waals surface area (Å²) in [5.41, 5.74) is 0.426. The van der Waals surface area contributed by atoms with Crippen molar-refractivity contribution in [2.45, 2.75) is 78.7 Å². The van der Waals surface area contributed by atoms with Gasteiger partial charge in [0.15, 0.2) is 5.78 Å². The molecular weight excluding hydrogens is 348 g/mol. The van der Waals surface area contributed by atoms with Gasteiger partial charge in [-0.05, 0) is 72.7 Å². The van der Waals surface area contributed by atoms with Gasteiger partial charge in [-0.1, -0.05) is 39.3 Å². The molecule has 0 aliphatic heterocycles. The van der Waals surface area contributed by atoms with Gasteiger partial charge in [-0.2, -0.15) is 0 Å². The third-order valence-corrected chi connectivity index (χ3v) is 9.72. The third kappa shape index (κ3) is 2.26. The number of aliphatic hydroxyl groups is 1. The molecule has 0 heterocycles. The number of Topliss-reactive ketones (excluding diaryl/α,β-unsaturated/α-hetero) is 1. The maximum Gasteiger partial charge on any atom is 0.155 e. The number of aliphatic hydroxyl groups excluding tert-OH is 1. The molecule has 0 amide bonds. The SMILES string of the molecule is C=C[C@]1(C(=O)CC)[C@H](C)C[C@H]2[C@@H]3CCC4=CC(=O)CC[C@]4(C)[C@H]3[C@@H](O)C[C@@]21C. The molecule has 0 radical (unpaired) electrons. The number of carbonyl (C=O) groups is 2. The van der Waals surface area contributed by atoms with E-state index in [0.717, 1.165) is 25.7 Å². The van der Waals surface area contributed by atoms with Crippen molar-refractivity contribution >= 4 is 11.6 Å². The van der Waals surface area contributed by atoms with Crippen molar-refractivity contribution in [2.24, 2.45) is 39.9 Å². The Morgan fingerprint density at radius 2 is 2.07 bits per heavy atom. The first kappa shape index (κ1) is 20.1. The predicted octanol–water partition coefficient (Wildman–Crippen LogP) is 4.89. The average molecular weight is 385 g/mol. The van der Waals surface area contributed by atoms with E-state index in [0.29, 0.717) is 31.1 Å². The van der Waals surface area contributed by atoms with Gasteiger partial charge in [-0.15, -0.1) is 6.58 Å². The zero-order valence-electron chi connectivity index (χ0n) is 18.0. The van der Waals surface area contributed by atoms with Crippen LogP contribution in [0, 0.1) is 39.9 Å². The first-order valence-corrected chi connectivity index (χ1v) is 11.2. The molecule has 154 valence electrons. The molecule has 0 aromatic rings. The lowest BCUT2D eigenvalue weighted by atomic mass is 9.43. The van der Waals surface area contributed by atoms with Gasteiger partial charge in [-0.25, -0.2) is 0 Å². The summed E-state index contributed by atoms with van der Waals surface area (Å²) in [5.74, 6) is 1.84. The van der Waals surface area contributed by atoms with Crippen molar-refractivity contribution in [3.8, 4) is 0 Å². The van der Waals surface area contributed by atoms with Gasteiger partial charge in [0, 0.05) is 12.8 Å². The molecule has 28 heavy (non-hydrogen) atoms. The van der Waals surface area contributed by atoms with Gasteiger partial charge in [0.25, 0.3) is 0 Å². The molecule has 3 fully saturated rings. The van der Waals surface area contributed by atoms with Crippen molar-refractivity contribution < 1.29 is 14.7 Å². The number of hydrogen-bond acceptors (Lipinski definition) is 3. The maximum atomic E-state index is 13.2. The van der Waals surface area contributed by atoms with Crippen LogP contribution in [0.5, 0.6) is 0 Å². The Bertz CT molecular complexity index is 751. The normalized spacial score (nSPS) is 50.2. The van der Waals surface area contributed by atoms with Crippen LogP contribution in [0.3, 0.4) is 0 Å². The summed E-state index contributed by atoms with van der Waals surface area (Å²) in [6, 6.07) is 0. The summed E-state index contributed by atoms with van der Waals surface area (Å²) in [4.78, 5) is 25.3. The second kappa shape index (κ2) is 6.39. The summed E-state index contributed by atoms with van der Waals surface area (Å²) in [6.07, 6.45) is 9.05. The highest BCUT2D eigenvalue weighted by molar-refractivity contribution is 5.91. The van der Waals surface area contributed by atoms with E-state index in [2.05, 4.69) is 27.4 Å². The van der Waals surface area contributed by atoms with Gasteiger partial charge in [0.2, 0.25) is 0 Å². The van der Waals surface area contributed by atoms with Crippen molar-refractivity contribution in [3.05, 3.63) is 24.3 Å². The third-order valence-electron chi connectivity index (χ3n) is 9.72. The van der Waals surface area contributed by atoms with E-state index in [1.54, 1.807) is 0 Å². The molecule has 0 spiro atoms. The van der Waals surface area contributed by atoms with E-state index in [9.17, 15) is 14.7 Å². The van der Waals surface area contributed by atoms with Crippen LogP contribution in [0.2, 0.25) is 0 Å². The summed E-state index contributed by atoms with van der Waals surface area (Å²) in [6.45, 7) is 12.9. The topological polar surface area (TPSA) is 54.4 Å². The van der Waals surface area contributed by atoms with Gasteiger partial charge in [-0.3, -0.25) is 9.59 Å². The second-order valence-electron chi connectivity index (χ2n) is 10.6. The molecule has 0 unspecified atom stereocenters. The molecule has 1 N–H and O–H groups in total. The standard InChI is InChI=1S/C25H36O3/c1-6-21(28)25(7-2)15(3)12-19-18-9-8-16-13-17(26)10-11-23(16,4)22(18)20(27)14-24(19,25)5/h7,13,15,18-20,22,27H,2,6,8-12,14H2,1,3-5H3/t15-,18+,19+,20+,22-,23+,24+,25-/m1/s1. The number of ketones is 2. The summed E-state index contributed by atoms with van der Waals surface area (Å²) < 4.78 is 0. The van der Waals surface area contributed by atoms with Crippen molar-refractivity contribution in [3.63, 3.8) is 0 Å². The quantitative estimate of drug-likeness (QED) is 0.705. The van der Waals surface area contributed by atoms with Crippen molar-refractivity contribution in [2.75, 3.05) is 0 Å². The van der Waals surface area contributed by atoms with Crippen LogP contribution in [0.1, 0.15) is 72.6 Å². The molecule has 4 rings (SSSR count). The lowest BCUT2D eigenvalue weighted by molar-refractivity contribution is -0.156. The van der Waals surface area contributed by atoms with Crippen LogP contribution in [0.25, 0.3) is 0 Å². The zero-order chi connectivity index (χ0) is 20.5. The molecular formula is C25H36O3. The van der Waals surface area contributed by atoms with E-state index in [1.165, 1.54) is 5.57 Å². The fraction of sp³-hybridized carbons (Fsp3) is 0.760. The first-order valence-electron chi connectivity index (χ1n) is 11.2. The Kier molecular flexibility index (Phi) is 4.58. The fourth-order valence-electron chi connectivity index (χ4n) is 8.51. The molecule has 0 aromatic carbocycles. The average Bonchev–Trinajstić information content (AvgIpc) is 2.88. The lowest BCUT2D eigenvalue weighted by Gasteiger charge is -2.61. The molecule has 8 atom stereocenters. The molecule has 0 aromatic heterocycles. The highest BCUT2D eigenvalue weighted by Gasteiger charge is 2.69. The number of fused-ring (bicyclic) bond motifs is 5. The minimum atomic E-state index is -0.530.